The smallest absolute Gasteiger partial charge is 0.380 e. The molecule has 0 radical (unpaired) electrons. The van der Waals surface area contributed by atoms with E-state index in [1.165, 1.54) is 12.1 Å². The summed E-state index contributed by atoms with van der Waals surface area (Å²) in [6, 6.07) is 5.22. The van der Waals surface area contributed by atoms with Gasteiger partial charge in [-0.3, -0.25) is 0 Å². The summed E-state index contributed by atoms with van der Waals surface area (Å²) in [4.78, 5) is 0. The van der Waals surface area contributed by atoms with Crippen molar-refractivity contribution in [2.45, 2.75) is 37.9 Å². The summed E-state index contributed by atoms with van der Waals surface area (Å²) in [5.41, 5.74) is -0.696. The van der Waals surface area contributed by atoms with Crippen LogP contribution in [0.3, 0.4) is 0 Å². The molecule has 1 fully saturated rings. The average Bonchev–Trinajstić information content (AvgIpc) is 2.25. The van der Waals surface area contributed by atoms with Crippen molar-refractivity contribution in [3.63, 3.8) is 0 Å². The highest BCUT2D eigenvalue weighted by molar-refractivity contribution is 5.55. The molecule has 0 aliphatic heterocycles. The second-order valence-electron chi connectivity index (χ2n) is 4.91. The van der Waals surface area contributed by atoms with Gasteiger partial charge in [-0.15, -0.1) is 0 Å². The van der Waals surface area contributed by atoms with Crippen LogP contribution in [0.5, 0.6) is 0 Å². The first-order valence-corrected chi connectivity index (χ1v) is 5.74. The van der Waals surface area contributed by atoms with E-state index in [1.807, 2.05) is 6.92 Å². The first kappa shape index (κ1) is 12.7. The third-order valence-corrected chi connectivity index (χ3v) is 3.35. The number of benzene rings is 1. The highest BCUT2D eigenvalue weighted by Crippen LogP contribution is 2.37. The van der Waals surface area contributed by atoms with Crippen LogP contribution in [0, 0.1) is 11.3 Å². The number of alkyl halides is 3. The van der Waals surface area contributed by atoms with E-state index >= 15 is 0 Å². The second-order valence-corrected chi connectivity index (χ2v) is 4.91. The van der Waals surface area contributed by atoms with Crippen molar-refractivity contribution in [3.8, 4) is 6.07 Å². The van der Waals surface area contributed by atoms with Crippen molar-refractivity contribution in [2.75, 3.05) is 5.32 Å². The predicted octanol–water partition coefficient (Wildman–Crippen LogP) is 3.93. The Bertz CT molecular complexity index is 496. The van der Waals surface area contributed by atoms with Gasteiger partial charge in [-0.25, -0.2) is 0 Å². The SMILES string of the molecule is CC1(Nc2ccc(C(F)(F)F)c(C#N)c2)CCC1. The maximum atomic E-state index is 12.6. The second kappa shape index (κ2) is 4.20. The van der Waals surface area contributed by atoms with E-state index in [2.05, 4.69) is 5.32 Å². The molecule has 1 aromatic rings. The molecule has 0 amide bonds. The Labute approximate surface area is 103 Å². The molecule has 0 bridgehead atoms. The topological polar surface area (TPSA) is 35.8 Å². The third-order valence-electron chi connectivity index (χ3n) is 3.35. The molecule has 1 saturated carbocycles. The molecule has 0 aromatic heterocycles. The number of hydrogen-bond donors (Lipinski definition) is 1. The van der Waals surface area contributed by atoms with Crippen molar-refractivity contribution in [1.29, 1.82) is 5.26 Å². The number of anilines is 1. The maximum Gasteiger partial charge on any atom is 0.417 e. The fraction of sp³-hybridized carbons (Fsp3) is 0.462. The highest BCUT2D eigenvalue weighted by atomic mass is 19.4. The van der Waals surface area contributed by atoms with Gasteiger partial charge in [0.25, 0.3) is 0 Å². The molecule has 0 saturated heterocycles. The average molecular weight is 254 g/mol. The van der Waals surface area contributed by atoms with Gasteiger partial charge >= 0.3 is 6.18 Å². The summed E-state index contributed by atoms with van der Waals surface area (Å²) < 4.78 is 37.8. The summed E-state index contributed by atoms with van der Waals surface area (Å²) in [5.74, 6) is 0. The van der Waals surface area contributed by atoms with E-state index in [0.717, 1.165) is 25.3 Å². The lowest BCUT2D eigenvalue weighted by Gasteiger charge is -2.40. The molecule has 1 aliphatic carbocycles. The molecular formula is C13H13F3N2. The zero-order valence-corrected chi connectivity index (χ0v) is 9.93. The van der Waals surface area contributed by atoms with Crippen LogP contribution in [0.15, 0.2) is 18.2 Å². The number of nitrogens with zero attached hydrogens (tertiary/aromatic N) is 1. The lowest BCUT2D eigenvalue weighted by atomic mass is 9.78. The summed E-state index contributed by atoms with van der Waals surface area (Å²) in [7, 11) is 0. The number of nitriles is 1. The largest absolute Gasteiger partial charge is 0.417 e. The van der Waals surface area contributed by atoms with Gasteiger partial charge in [0, 0.05) is 11.2 Å². The van der Waals surface area contributed by atoms with Crippen LogP contribution >= 0.6 is 0 Å². The first-order chi connectivity index (χ1) is 8.34. The number of rotatable bonds is 2. The Morgan fingerprint density at radius 3 is 2.44 bits per heavy atom. The van der Waals surface area contributed by atoms with E-state index in [-0.39, 0.29) is 11.1 Å². The molecule has 18 heavy (non-hydrogen) atoms. The molecule has 0 unspecified atom stereocenters. The summed E-state index contributed by atoms with van der Waals surface area (Å²) >= 11 is 0. The predicted molar refractivity (Wildman–Crippen MR) is 62.0 cm³/mol. The van der Waals surface area contributed by atoms with Gasteiger partial charge in [-0.2, -0.15) is 18.4 Å². The Kier molecular flexibility index (Phi) is 2.97. The molecule has 96 valence electrons. The quantitative estimate of drug-likeness (QED) is 0.867. The van der Waals surface area contributed by atoms with Crippen LogP contribution in [0.1, 0.15) is 37.3 Å². The maximum absolute atomic E-state index is 12.6. The van der Waals surface area contributed by atoms with Gasteiger partial charge in [0.15, 0.2) is 0 Å². The van der Waals surface area contributed by atoms with Gasteiger partial charge in [0.05, 0.1) is 17.2 Å². The molecule has 1 N–H and O–H groups in total. The summed E-state index contributed by atoms with van der Waals surface area (Å²) in [6.45, 7) is 2.03. The van der Waals surface area contributed by atoms with Gasteiger partial charge in [-0.05, 0) is 44.4 Å². The van der Waals surface area contributed by atoms with Crippen LogP contribution in [-0.4, -0.2) is 5.54 Å². The first-order valence-electron chi connectivity index (χ1n) is 5.74. The molecular weight excluding hydrogens is 241 g/mol. The fourth-order valence-electron chi connectivity index (χ4n) is 2.14. The number of hydrogen-bond acceptors (Lipinski definition) is 2. The van der Waals surface area contributed by atoms with Crippen molar-refractivity contribution < 1.29 is 13.2 Å². The van der Waals surface area contributed by atoms with Crippen molar-refractivity contribution in [1.82, 2.24) is 0 Å². The zero-order chi connectivity index (χ0) is 13.4. The Hall–Kier alpha value is -1.70. The van der Waals surface area contributed by atoms with Crippen LogP contribution < -0.4 is 5.32 Å². The Morgan fingerprint density at radius 2 is 2.00 bits per heavy atom. The summed E-state index contributed by atoms with van der Waals surface area (Å²) in [6.07, 6.45) is -1.37. The Morgan fingerprint density at radius 1 is 1.33 bits per heavy atom. The highest BCUT2D eigenvalue weighted by Gasteiger charge is 2.35. The fourth-order valence-corrected chi connectivity index (χ4v) is 2.14. The van der Waals surface area contributed by atoms with Crippen molar-refractivity contribution in [3.05, 3.63) is 29.3 Å². The third kappa shape index (κ3) is 2.42. The minimum Gasteiger partial charge on any atom is -0.380 e. The van der Waals surface area contributed by atoms with Crippen molar-refractivity contribution >= 4 is 5.69 Å². The summed E-state index contributed by atoms with van der Waals surface area (Å²) in [5, 5.41) is 12.0. The van der Waals surface area contributed by atoms with Crippen LogP contribution in [0.2, 0.25) is 0 Å². The van der Waals surface area contributed by atoms with E-state index in [0.29, 0.717) is 5.69 Å². The van der Waals surface area contributed by atoms with E-state index in [9.17, 15) is 13.2 Å². The normalized spacial score (nSPS) is 17.7. The lowest BCUT2D eigenvalue weighted by Crippen LogP contribution is -2.41. The molecule has 1 aliphatic rings. The molecule has 2 rings (SSSR count). The van der Waals surface area contributed by atoms with Gasteiger partial charge < -0.3 is 5.32 Å². The molecule has 2 nitrogen and oxygen atoms in total. The molecule has 1 aromatic carbocycles. The van der Waals surface area contributed by atoms with Gasteiger partial charge in [0.1, 0.15) is 0 Å². The molecule has 5 heteroatoms. The Balaban J connectivity index is 2.28. The standard InChI is InChI=1S/C13H13F3N2/c1-12(5-2-6-12)18-10-3-4-11(13(14,15)16)9(7-10)8-17/h3-4,7,18H,2,5-6H2,1H3. The lowest BCUT2D eigenvalue weighted by molar-refractivity contribution is -0.137. The van der Waals surface area contributed by atoms with E-state index in [1.54, 1.807) is 6.07 Å². The molecule has 0 spiro atoms. The molecule has 0 atom stereocenters. The van der Waals surface area contributed by atoms with Gasteiger partial charge in [0.2, 0.25) is 0 Å². The minimum absolute atomic E-state index is 0.0491. The van der Waals surface area contributed by atoms with Crippen LogP contribution in [-0.2, 0) is 6.18 Å². The number of nitrogens with one attached hydrogen (secondary N) is 1. The number of halogens is 3. The zero-order valence-electron chi connectivity index (χ0n) is 9.93. The van der Waals surface area contributed by atoms with Crippen LogP contribution in [0.4, 0.5) is 18.9 Å². The minimum atomic E-state index is -4.48. The monoisotopic (exact) mass is 254 g/mol. The van der Waals surface area contributed by atoms with Crippen molar-refractivity contribution in [2.24, 2.45) is 0 Å². The molecule has 0 heterocycles. The van der Waals surface area contributed by atoms with Crippen LogP contribution in [0.25, 0.3) is 0 Å². The van der Waals surface area contributed by atoms with Gasteiger partial charge in [-0.1, -0.05) is 0 Å². The van der Waals surface area contributed by atoms with E-state index < -0.39 is 11.7 Å². The van der Waals surface area contributed by atoms with E-state index in [4.69, 9.17) is 5.26 Å².